The highest BCUT2D eigenvalue weighted by Crippen LogP contribution is 2.11. The van der Waals surface area contributed by atoms with Gasteiger partial charge in [-0.3, -0.25) is 0 Å². The zero-order valence-corrected chi connectivity index (χ0v) is 9.70. The molecule has 84 valence electrons. The van der Waals surface area contributed by atoms with E-state index in [0.29, 0.717) is 6.04 Å². The molecule has 0 fully saturated rings. The Morgan fingerprint density at radius 1 is 1.27 bits per heavy atom. The number of anilines is 1. The van der Waals surface area contributed by atoms with Gasteiger partial charge in [0.1, 0.15) is 0 Å². The number of methoxy groups -OCH3 is 1. The molecule has 0 aliphatic carbocycles. The lowest BCUT2D eigenvalue weighted by Crippen LogP contribution is -2.24. The highest BCUT2D eigenvalue weighted by Gasteiger charge is 2.06. The summed E-state index contributed by atoms with van der Waals surface area (Å²) < 4.78 is 5.21. The third-order valence-corrected chi connectivity index (χ3v) is 2.42. The van der Waals surface area contributed by atoms with Gasteiger partial charge in [-0.05, 0) is 18.6 Å². The average Bonchev–Trinajstić information content (AvgIpc) is 2.28. The van der Waals surface area contributed by atoms with Gasteiger partial charge in [0.25, 0.3) is 0 Å². The summed E-state index contributed by atoms with van der Waals surface area (Å²) >= 11 is 0. The first-order valence-electron chi connectivity index (χ1n) is 5.67. The van der Waals surface area contributed by atoms with Crippen molar-refractivity contribution < 1.29 is 4.74 Å². The van der Waals surface area contributed by atoms with Gasteiger partial charge in [-0.25, -0.2) is 0 Å². The van der Waals surface area contributed by atoms with Crippen LogP contribution in [0.4, 0.5) is 5.69 Å². The van der Waals surface area contributed by atoms with E-state index in [4.69, 9.17) is 4.74 Å². The quantitative estimate of drug-likeness (QED) is 0.740. The largest absolute Gasteiger partial charge is 0.383 e. The SMILES string of the molecule is CCCCC(COC)Nc1ccccc1. The highest BCUT2D eigenvalue weighted by atomic mass is 16.5. The summed E-state index contributed by atoms with van der Waals surface area (Å²) in [6.07, 6.45) is 3.64. The minimum atomic E-state index is 0.428. The van der Waals surface area contributed by atoms with Gasteiger partial charge in [0.15, 0.2) is 0 Å². The lowest BCUT2D eigenvalue weighted by atomic mass is 10.1. The van der Waals surface area contributed by atoms with E-state index in [-0.39, 0.29) is 0 Å². The fourth-order valence-electron chi connectivity index (χ4n) is 1.62. The van der Waals surface area contributed by atoms with E-state index in [1.54, 1.807) is 7.11 Å². The molecule has 0 aliphatic heterocycles. The van der Waals surface area contributed by atoms with E-state index in [0.717, 1.165) is 6.61 Å². The third-order valence-electron chi connectivity index (χ3n) is 2.42. The lowest BCUT2D eigenvalue weighted by Gasteiger charge is -2.18. The van der Waals surface area contributed by atoms with Crippen molar-refractivity contribution in [2.45, 2.75) is 32.2 Å². The minimum absolute atomic E-state index is 0.428. The van der Waals surface area contributed by atoms with Crippen LogP contribution in [-0.4, -0.2) is 19.8 Å². The van der Waals surface area contributed by atoms with Crippen LogP contribution in [0.5, 0.6) is 0 Å². The number of hydrogen-bond acceptors (Lipinski definition) is 2. The van der Waals surface area contributed by atoms with Crippen LogP contribution in [0.1, 0.15) is 26.2 Å². The van der Waals surface area contributed by atoms with Crippen molar-refractivity contribution in [2.75, 3.05) is 19.0 Å². The van der Waals surface area contributed by atoms with Gasteiger partial charge in [0, 0.05) is 18.8 Å². The van der Waals surface area contributed by atoms with Gasteiger partial charge >= 0.3 is 0 Å². The van der Waals surface area contributed by atoms with Crippen molar-refractivity contribution in [3.8, 4) is 0 Å². The first kappa shape index (κ1) is 12.1. The fourth-order valence-corrected chi connectivity index (χ4v) is 1.62. The van der Waals surface area contributed by atoms with E-state index in [2.05, 4.69) is 24.4 Å². The van der Waals surface area contributed by atoms with Crippen molar-refractivity contribution in [3.05, 3.63) is 30.3 Å². The average molecular weight is 207 g/mol. The Morgan fingerprint density at radius 3 is 2.60 bits per heavy atom. The molecule has 0 bridgehead atoms. The number of para-hydroxylation sites is 1. The van der Waals surface area contributed by atoms with Gasteiger partial charge in [0.05, 0.1) is 6.61 Å². The smallest absolute Gasteiger partial charge is 0.0664 e. The van der Waals surface area contributed by atoms with Gasteiger partial charge < -0.3 is 10.1 Å². The van der Waals surface area contributed by atoms with Crippen LogP contribution >= 0.6 is 0 Å². The molecule has 1 aromatic rings. The summed E-state index contributed by atoms with van der Waals surface area (Å²) in [5.74, 6) is 0. The first-order chi connectivity index (χ1) is 7.36. The predicted molar refractivity (Wildman–Crippen MR) is 65.3 cm³/mol. The van der Waals surface area contributed by atoms with Crippen LogP contribution in [-0.2, 0) is 4.74 Å². The summed E-state index contributed by atoms with van der Waals surface area (Å²) in [4.78, 5) is 0. The first-order valence-corrected chi connectivity index (χ1v) is 5.67. The molecule has 15 heavy (non-hydrogen) atoms. The Kier molecular flexibility index (Phi) is 5.86. The zero-order valence-electron chi connectivity index (χ0n) is 9.70. The highest BCUT2D eigenvalue weighted by molar-refractivity contribution is 5.43. The fraction of sp³-hybridized carbons (Fsp3) is 0.538. The van der Waals surface area contributed by atoms with Crippen LogP contribution in [0.2, 0.25) is 0 Å². The van der Waals surface area contributed by atoms with Crippen molar-refractivity contribution in [1.82, 2.24) is 0 Å². The summed E-state index contributed by atoms with van der Waals surface area (Å²) in [6.45, 7) is 2.99. The molecule has 0 aliphatic rings. The second-order valence-electron chi connectivity index (χ2n) is 3.80. The second-order valence-corrected chi connectivity index (χ2v) is 3.80. The number of rotatable bonds is 7. The van der Waals surface area contributed by atoms with Crippen molar-refractivity contribution in [1.29, 1.82) is 0 Å². The number of benzene rings is 1. The van der Waals surface area contributed by atoms with Crippen LogP contribution in [0.3, 0.4) is 0 Å². The second kappa shape index (κ2) is 7.30. The molecule has 1 aromatic carbocycles. The Morgan fingerprint density at radius 2 is 2.00 bits per heavy atom. The summed E-state index contributed by atoms with van der Waals surface area (Å²) in [7, 11) is 1.76. The van der Waals surface area contributed by atoms with Crippen LogP contribution in [0.25, 0.3) is 0 Å². The maximum atomic E-state index is 5.21. The standard InChI is InChI=1S/C13H21NO/c1-3-4-8-13(11-15-2)14-12-9-6-5-7-10-12/h5-7,9-10,13-14H,3-4,8,11H2,1-2H3. The van der Waals surface area contributed by atoms with Crippen LogP contribution in [0, 0.1) is 0 Å². The van der Waals surface area contributed by atoms with Gasteiger partial charge in [-0.2, -0.15) is 0 Å². The monoisotopic (exact) mass is 207 g/mol. The topological polar surface area (TPSA) is 21.3 Å². The number of unbranched alkanes of at least 4 members (excludes halogenated alkanes) is 1. The van der Waals surface area contributed by atoms with Gasteiger partial charge in [0.2, 0.25) is 0 Å². The number of nitrogens with one attached hydrogen (secondary N) is 1. The van der Waals surface area contributed by atoms with Crippen LogP contribution < -0.4 is 5.32 Å². The van der Waals surface area contributed by atoms with Crippen LogP contribution in [0.15, 0.2) is 30.3 Å². The molecule has 0 aromatic heterocycles. The Bertz CT molecular complexity index is 248. The molecule has 1 rings (SSSR count). The molecule has 2 heteroatoms. The molecule has 0 saturated heterocycles. The molecule has 1 atom stereocenters. The maximum Gasteiger partial charge on any atom is 0.0664 e. The number of ether oxygens (including phenoxy) is 1. The molecular weight excluding hydrogens is 186 g/mol. The van der Waals surface area contributed by atoms with E-state index < -0.39 is 0 Å². The van der Waals surface area contributed by atoms with Gasteiger partial charge in [-0.1, -0.05) is 38.0 Å². The molecule has 0 heterocycles. The van der Waals surface area contributed by atoms with E-state index in [1.165, 1.54) is 24.9 Å². The lowest BCUT2D eigenvalue weighted by molar-refractivity contribution is 0.182. The molecule has 0 spiro atoms. The van der Waals surface area contributed by atoms with E-state index in [9.17, 15) is 0 Å². The van der Waals surface area contributed by atoms with E-state index in [1.807, 2.05) is 18.2 Å². The number of hydrogen-bond donors (Lipinski definition) is 1. The maximum absolute atomic E-state index is 5.21. The summed E-state index contributed by atoms with van der Waals surface area (Å²) in [5.41, 5.74) is 1.18. The molecule has 1 unspecified atom stereocenters. The molecule has 2 nitrogen and oxygen atoms in total. The Balaban J connectivity index is 2.43. The Labute approximate surface area is 92.6 Å². The summed E-state index contributed by atoms with van der Waals surface area (Å²) in [5, 5.41) is 3.49. The third kappa shape index (κ3) is 4.84. The van der Waals surface area contributed by atoms with E-state index >= 15 is 0 Å². The molecule has 0 saturated carbocycles. The molecular formula is C13H21NO. The van der Waals surface area contributed by atoms with Crippen molar-refractivity contribution in [2.24, 2.45) is 0 Å². The molecule has 0 radical (unpaired) electrons. The zero-order chi connectivity index (χ0) is 10.9. The minimum Gasteiger partial charge on any atom is -0.383 e. The normalized spacial score (nSPS) is 12.4. The van der Waals surface area contributed by atoms with Crippen molar-refractivity contribution >= 4 is 5.69 Å². The molecule has 0 amide bonds. The van der Waals surface area contributed by atoms with Gasteiger partial charge in [-0.15, -0.1) is 0 Å². The summed E-state index contributed by atoms with van der Waals surface area (Å²) in [6, 6.07) is 10.7. The Hall–Kier alpha value is -1.02. The predicted octanol–water partition coefficient (Wildman–Crippen LogP) is 3.30. The molecule has 1 N–H and O–H groups in total. The van der Waals surface area contributed by atoms with Crippen molar-refractivity contribution in [3.63, 3.8) is 0 Å².